The standard InChI is InChI=1S/C10H21NO3S/c1-9(2)5-8-15(13,14)11-6-3-10(12)4-7-11/h9-10,12H,3-8H2,1-2H3. The normalized spacial score (nSPS) is 21.1. The van der Waals surface area contributed by atoms with Gasteiger partial charge in [0.1, 0.15) is 0 Å². The predicted molar refractivity (Wildman–Crippen MR) is 60.1 cm³/mol. The van der Waals surface area contributed by atoms with Crippen LogP contribution in [0.1, 0.15) is 33.1 Å². The summed E-state index contributed by atoms with van der Waals surface area (Å²) in [5, 5.41) is 9.29. The number of piperidine rings is 1. The van der Waals surface area contributed by atoms with Gasteiger partial charge in [0.2, 0.25) is 10.0 Å². The highest BCUT2D eigenvalue weighted by molar-refractivity contribution is 7.89. The minimum absolute atomic E-state index is 0.237. The van der Waals surface area contributed by atoms with Crippen LogP contribution in [0.4, 0.5) is 0 Å². The number of aliphatic hydroxyl groups is 1. The van der Waals surface area contributed by atoms with Gasteiger partial charge in [0, 0.05) is 13.1 Å². The molecule has 0 atom stereocenters. The van der Waals surface area contributed by atoms with Gasteiger partial charge >= 0.3 is 0 Å². The second-order valence-corrected chi connectivity index (χ2v) is 6.72. The largest absolute Gasteiger partial charge is 0.393 e. The Balaban J connectivity index is 2.47. The molecule has 15 heavy (non-hydrogen) atoms. The molecule has 1 fully saturated rings. The highest BCUT2D eigenvalue weighted by Crippen LogP contribution is 2.15. The van der Waals surface area contributed by atoms with Crippen molar-refractivity contribution in [3.05, 3.63) is 0 Å². The van der Waals surface area contributed by atoms with Crippen molar-refractivity contribution in [1.29, 1.82) is 0 Å². The molecule has 0 aromatic rings. The Kier molecular flexibility index (Phi) is 4.55. The minimum Gasteiger partial charge on any atom is -0.393 e. The summed E-state index contributed by atoms with van der Waals surface area (Å²) in [6, 6.07) is 0. The van der Waals surface area contributed by atoms with Gasteiger partial charge in [0.15, 0.2) is 0 Å². The lowest BCUT2D eigenvalue weighted by atomic mass is 10.1. The molecule has 0 unspecified atom stereocenters. The SMILES string of the molecule is CC(C)CCS(=O)(=O)N1CCC(O)CC1. The predicted octanol–water partition coefficient (Wildman–Crippen LogP) is 0.819. The smallest absolute Gasteiger partial charge is 0.214 e. The van der Waals surface area contributed by atoms with Crippen molar-refractivity contribution >= 4 is 10.0 Å². The molecule has 0 radical (unpaired) electrons. The van der Waals surface area contributed by atoms with Gasteiger partial charge in [-0.25, -0.2) is 12.7 Å². The zero-order valence-corrected chi connectivity index (χ0v) is 10.3. The van der Waals surface area contributed by atoms with E-state index in [1.807, 2.05) is 13.8 Å². The summed E-state index contributed by atoms with van der Waals surface area (Å²) in [5.74, 6) is 0.649. The maximum atomic E-state index is 11.8. The van der Waals surface area contributed by atoms with E-state index < -0.39 is 10.0 Å². The van der Waals surface area contributed by atoms with E-state index in [1.165, 1.54) is 4.31 Å². The molecule has 1 rings (SSSR count). The van der Waals surface area contributed by atoms with Crippen LogP contribution in [0.15, 0.2) is 0 Å². The van der Waals surface area contributed by atoms with Gasteiger partial charge in [-0.05, 0) is 25.2 Å². The maximum absolute atomic E-state index is 11.8. The fourth-order valence-electron chi connectivity index (χ4n) is 1.63. The van der Waals surface area contributed by atoms with E-state index in [2.05, 4.69) is 0 Å². The van der Waals surface area contributed by atoms with Crippen LogP contribution >= 0.6 is 0 Å². The molecule has 0 saturated carbocycles. The first-order chi connectivity index (χ1) is 6.92. The van der Waals surface area contributed by atoms with E-state index in [0.717, 1.165) is 0 Å². The highest BCUT2D eigenvalue weighted by atomic mass is 32.2. The lowest BCUT2D eigenvalue weighted by Crippen LogP contribution is -2.41. The lowest BCUT2D eigenvalue weighted by molar-refractivity contribution is 0.113. The van der Waals surface area contributed by atoms with Crippen LogP contribution in [-0.2, 0) is 10.0 Å². The third-order valence-corrected chi connectivity index (χ3v) is 4.67. The van der Waals surface area contributed by atoms with Crippen LogP contribution in [0, 0.1) is 5.92 Å². The van der Waals surface area contributed by atoms with Crippen molar-refractivity contribution in [2.75, 3.05) is 18.8 Å². The van der Waals surface area contributed by atoms with Gasteiger partial charge in [-0.3, -0.25) is 0 Å². The molecule has 4 nitrogen and oxygen atoms in total. The number of nitrogens with zero attached hydrogens (tertiary/aromatic N) is 1. The van der Waals surface area contributed by atoms with Gasteiger partial charge in [0.05, 0.1) is 11.9 Å². The van der Waals surface area contributed by atoms with Crippen molar-refractivity contribution in [2.45, 2.75) is 39.2 Å². The van der Waals surface area contributed by atoms with E-state index in [0.29, 0.717) is 38.3 Å². The first-order valence-corrected chi connectivity index (χ1v) is 7.18. The Hall–Kier alpha value is -0.130. The summed E-state index contributed by atoms with van der Waals surface area (Å²) >= 11 is 0. The van der Waals surface area contributed by atoms with Crippen LogP contribution in [-0.4, -0.2) is 42.8 Å². The second-order valence-electron chi connectivity index (χ2n) is 4.63. The third-order valence-electron chi connectivity index (χ3n) is 2.77. The summed E-state index contributed by atoms with van der Waals surface area (Å²) in [4.78, 5) is 0. The van der Waals surface area contributed by atoms with Gasteiger partial charge in [-0.1, -0.05) is 13.8 Å². The molecule has 1 N–H and O–H groups in total. The average molecular weight is 235 g/mol. The molecule has 1 aliphatic heterocycles. The van der Waals surface area contributed by atoms with Crippen molar-refractivity contribution in [3.8, 4) is 0 Å². The Morgan fingerprint density at radius 2 is 1.87 bits per heavy atom. The summed E-state index contributed by atoms with van der Waals surface area (Å²) in [7, 11) is -3.08. The zero-order valence-electron chi connectivity index (χ0n) is 9.52. The fourth-order valence-corrected chi connectivity index (χ4v) is 3.43. The van der Waals surface area contributed by atoms with Crippen LogP contribution in [0.25, 0.3) is 0 Å². The van der Waals surface area contributed by atoms with Crippen LogP contribution in [0.3, 0.4) is 0 Å². The van der Waals surface area contributed by atoms with E-state index >= 15 is 0 Å². The number of hydrogen-bond donors (Lipinski definition) is 1. The lowest BCUT2D eigenvalue weighted by Gasteiger charge is -2.28. The minimum atomic E-state index is -3.08. The number of aliphatic hydroxyl groups excluding tert-OH is 1. The molecule has 0 amide bonds. The molecule has 5 heteroatoms. The molecular weight excluding hydrogens is 214 g/mol. The molecule has 90 valence electrons. The van der Waals surface area contributed by atoms with Crippen molar-refractivity contribution < 1.29 is 13.5 Å². The Morgan fingerprint density at radius 1 is 1.33 bits per heavy atom. The summed E-state index contributed by atoms with van der Waals surface area (Å²) in [6.45, 7) is 4.99. The summed E-state index contributed by atoms with van der Waals surface area (Å²) in [6.07, 6.45) is 1.53. The monoisotopic (exact) mass is 235 g/mol. The average Bonchev–Trinajstić information content (AvgIpc) is 2.16. The van der Waals surface area contributed by atoms with Crippen molar-refractivity contribution in [2.24, 2.45) is 5.92 Å². The van der Waals surface area contributed by atoms with Crippen LogP contribution < -0.4 is 0 Å². The molecule has 0 spiro atoms. The number of rotatable bonds is 4. The topological polar surface area (TPSA) is 57.6 Å². The molecular formula is C10H21NO3S. The van der Waals surface area contributed by atoms with Crippen molar-refractivity contribution in [1.82, 2.24) is 4.31 Å². The number of hydrogen-bond acceptors (Lipinski definition) is 3. The summed E-state index contributed by atoms with van der Waals surface area (Å²) < 4.78 is 25.2. The van der Waals surface area contributed by atoms with E-state index in [4.69, 9.17) is 0 Å². The Morgan fingerprint density at radius 3 is 2.33 bits per heavy atom. The molecule has 1 aliphatic rings. The number of sulfonamides is 1. The molecule has 1 heterocycles. The van der Waals surface area contributed by atoms with E-state index in [9.17, 15) is 13.5 Å². The molecule has 0 bridgehead atoms. The fraction of sp³-hybridized carbons (Fsp3) is 1.00. The summed E-state index contributed by atoms with van der Waals surface area (Å²) in [5.41, 5.74) is 0. The molecule has 0 aromatic heterocycles. The zero-order chi connectivity index (χ0) is 11.5. The van der Waals surface area contributed by atoms with Gasteiger partial charge in [0.25, 0.3) is 0 Å². The third kappa shape index (κ3) is 4.09. The molecule has 1 saturated heterocycles. The van der Waals surface area contributed by atoms with Crippen LogP contribution in [0.5, 0.6) is 0 Å². The van der Waals surface area contributed by atoms with E-state index in [1.54, 1.807) is 0 Å². The van der Waals surface area contributed by atoms with Crippen LogP contribution in [0.2, 0.25) is 0 Å². The Bertz CT molecular complexity index is 279. The quantitative estimate of drug-likeness (QED) is 0.785. The molecule has 0 aromatic carbocycles. The molecule has 0 aliphatic carbocycles. The van der Waals surface area contributed by atoms with Gasteiger partial charge in [-0.2, -0.15) is 0 Å². The van der Waals surface area contributed by atoms with Gasteiger partial charge in [-0.15, -0.1) is 0 Å². The first-order valence-electron chi connectivity index (χ1n) is 5.57. The first kappa shape index (κ1) is 12.9. The van der Waals surface area contributed by atoms with Crippen molar-refractivity contribution in [3.63, 3.8) is 0 Å². The Labute approximate surface area is 92.3 Å². The maximum Gasteiger partial charge on any atom is 0.214 e. The second kappa shape index (κ2) is 5.27. The highest BCUT2D eigenvalue weighted by Gasteiger charge is 2.26. The van der Waals surface area contributed by atoms with Gasteiger partial charge < -0.3 is 5.11 Å². The van der Waals surface area contributed by atoms with E-state index in [-0.39, 0.29) is 11.9 Å².